The molecule has 0 aromatic heterocycles. The highest BCUT2D eigenvalue weighted by Gasteiger charge is 2.35. The van der Waals surface area contributed by atoms with Crippen LogP contribution in [0.15, 0.2) is 60.7 Å². The Morgan fingerprint density at radius 3 is 2.29 bits per heavy atom. The van der Waals surface area contributed by atoms with Crippen molar-refractivity contribution in [3.63, 3.8) is 0 Å². The molecule has 1 unspecified atom stereocenters. The minimum atomic E-state index is -1.80. The second-order valence-corrected chi connectivity index (χ2v) is 8.92. The molecule has 184 valence electrons. The Balaban J connectivity index is 2.05. The van der Waals surface area contributed by atoms with Crippen LogP contribution in [0.1, 0.15) is 27.9 Å². The highest BCUT2D eigenvalue weighted by atomic mass is 35.5. The average Bonchev–Trinajstić information content (AvgIpc) is 2.84. The summed E-state index contributed by atoms with van der Waals surface area (Å²) in [6.45, 7) is -0.406. The largest absolute Gasteiger partial charge is 0.478 e. The second kappa shape index (κ2) is 11.4. The molecule has 10 heteroatoms. The Morgan fingerprint density at radius 1 is 0.943 bits per heavy atom. The fourth-order valence-corrected chi connectivity index (χ4v) is 4.14. The van der Waals surface area contributed by atoms with Crippen molar-refractivity contribution in [3.05, 3.63) is 99.0 Å². The molecule has 0 aliphatic rings. The first kappa shape index (κ1) is 26.9. The molecule has 1 atom stereocenters. The number of carbonyl (C=O) groups is 2. The topological polar surface area (TPSA) is 77.8 Å². The maximum atomic E-state index is 14.0. The number of nitrogens with zero attached hydrogens (tertiary/aromatic N) is 1. The van der Waals surface area contributed by atoms with Gasteiger partial charge in [0.25, 0.3) is 0 Å². The van der Waals surface area contributed by atoms with Crippen molar-refractivity contribution in [2.24, 2.45) is 0 Å². The molecular formula is C25H20Cl3F2NO4. The molecule has 0 bridgehead atoms. The monoisotopic (exact) mass is 541 g/mol. The van der Waals surface area contributed by atoms with Gasteiger partial charge in [-0.05, 0) is 54.3 Å². The highest BCUT2D eigenvalue weighted by molar-refractivity contribution is 6.42. The minimum absolute atomic E-state index is 0.0148. The molecule has 35 heavy (non-hydrogen) atoms. The van der Waals surface area contributed by atoms with Gasteiger partial charge in [-0.3, -0.25) is 4.79 Å². The van der Waals surface area contributed by atoms with E-state index in [0.717, 1.165) is 17.0 Å². The first-order valence-electron chi connectivity index (χ1n) is 10.4. The van der Waals surface area contributed by atoms with Gasteiger partial charge in [-0.1, -0.05) is 47.5 Å². The molecule has 0 aliphatic carbocycles. The van der Waals surface area contributed by atoms with Crippen molar-refractivity contribution in [1.82, 2.24) is 0 Å². The van der Waals surface area contributed by atoms with E-state index in [0.29, 0.717) is 5.56 Å². The Hall–Kier alpha value is -2.71. The zero-order chi connectivity index (χ0) is 25.8. The van der Waals surface area contributed by atoms with E-state index in [1.165, 1.54) is 30.3 Å². The van der Waals surface area contributed by atoms with Gasteiger partial charge < -0.3 is 15.1 Å². The molecule has 3 rings (SSSR count). The van der Waals surface area contributed by atoms with Crippen molar-refractivity contribution >= 4 is 52.4 Å². The lowest BCUT2D eigenvalue weighted by atomic mass is 9.86. The van der Waals surface area contributed by atoms with Gasteiger partial charge in [-0.25, -0.2) is 13.6 Å². The molecule has 0 aliphatic heterocycles. The molecular weight excluding hydrogens is 523 g/mol. The summed E-state index contributed by atoms with van der Waals surface area (Å²) < 4.78 is 27.5. The van der Waals surface area contributed by atoms with E-state index in [2.05, 4.69) is 0 Å². The zero-order valence-electron chi connectivity index (χ0n) is 18.1. The third-order valence-electron chi connectivity index (χ3n) is 5.56. The van der Waals surface area contributed by atoms with Crippen molar-refractivity contribution in [2.75, 3.05) is 17.3 Å². The predicted octanol–water partition coefficient (Wildman–Crippen LogP) is 6.06. The SMILES string of the molecule is O=C(O)c1ccccc1CCC(O)(CN(C(=O)CCl)c1ccc(F)c(F)c1)c1ccc(Cl)c(Cl)c1. The van der Waals surface area contributed by atoms with E-state index < -0.39 is 41.5 Å². The number of carboxylic acid groups (broad SMARTS) is 1. The molecule has 3 aromatic rings. The van der Waals surface area contributed by atoms with E-state index >= 15 is 0 Å². The van der Waals surface area contributed by atoms with Crippen LogP contribution >= 0.6 is 34.8 Å². The van der Waals surface area contributed by atoms with Crippen LogP contribution < -0.4 is 4.90 Å². The fourth-order valence-electron chi connectivity index (χ4n) is 3.70. The lowest BCUT2D eigenvalue weighted by Gasteiger charge is -2.35. The molecule has 0 saturated heterocycles. The highest BCUT2D eigenvalue weighted by Crippen LogP contribution is 2.34. The van der Waals surface area contributed by atoms with Crippen LogP contribution in [0.5, 0.6) is 0 Å². The van der Waals surface area contributed by atoms with Crippen molar-refractivity contribution < 1.29 is 28.6 Å². The summed E-state index contributed by atoms with van der Waals surface area (Å²) in [6.07, 6.45) is 0.0604. The van der Waals surface area contributed by atoms with E-state index in [-0.39, 0.29) is 39.7 Å². The molecule has 0 spiro atoms. The number of aliphatic hydroxyl groups is 1. The van der Waals surface area contributed by atoms with Gasteiger partial charge in [0.2, 0.25) is 5.91 Å². The number of halogens is 5. The summed E-state index contributed by atoms with van der Waals surface area (Å²) in [5.74, 6) is -4.56. The van der Waals surface area contributed by atoms with Gasteiger partial charge in [0.1, 0.15) is 11.5 Å². The molecule has 0 radical (unpaired) electrons. The average molecular weight is 543 g/mol. The second-order valence-electron chi connectivity index (χ2n) is 7.83. The van der Waals surface area contributed by atoms with Gasteiger partial charge in [0.15, 0.2) is 11.6 Å². The van der Waals surface area contributed by atoms with Crippen LogP contribution in [0.4, 0.5) is 14.5 Å². The number of anilines is 1. The Kier molecular flexibility index (Phi) is 8.72. The van der Waals surface area contributed by atoms with Gasteiger partial charge in [0, 0.05) is 11.8 Å². The smallest absolute Gasteiger partial charge is 0.335 e. The normalized spacial score (nSPS) is 12.7. The molecule has 0 saturated carbocycles. The van der Waals surface area contributed by atoms with Crippen LogP contribution in [0, 0.1) is 11.6 Å². The Bertz CT molecular complexity index is 1260. The predicted molar refractivity (Wildman–Crippen MR) is 132 cm³/mol. The van der Waals surface area contributed by atoms with E-state index in [1.807, 2.05) is 0 Å². The van der Waals surface area contributed by atoms with Crippen LogP contribution in [-0.4, -0.2) is 34.5 Å². The number of hydrogen-bond donors (Lipinski definition) is 2. The number of aromatic carboxylic acids is 1. The number of carbonyl (C=O) groups excluding carboxylic acids is 1. The minimum Gasteiger partial charge on any atom is -0.478 e. The summed E-state index contributed by atoms with van der Waals surface area (Å²) in [5, 5.41) is 21.7. The number of hydrogen-bond acceptors (Lipinski definition) is 3. The van der Waals surface area contributed by atoms with E-state index in [9.17, 15) is 28.6 Å². The standard InChI is InChI=1S/C25H20Cl3F2NO4/c26-13-23(32)31(17-6-8-21(29)22(30)12-17)14-25(35,16-5-7-19(27)20(28)11-16)10-9-15-3-1-2-4-18(15)24(33)34/h1-8,11-12,35H,9-10,13-14H2,(H,33,34). The van der Waals surface area contributed by atoms with E-state index in [1.54, 1.807) is 18.2 Å². The molecule has 2 N–H and O–H groups in total. The number of alkyl halides is 1. The summed E-state index contributed by atoms with van der Waals surface area (Å²) >= 11 is 18.0. The van der Waals surface area contributed by atoms with Crippen LogP contribution in [0.2, 0.25) is 10.0 Å². The quantitative estimate of drug-likeness (QED) is 0.322. The summed E-state index contributed by atoms with van der Waals surface area (Å²) in [4.78, 5) is 25.4. The van der Waals surface area contributed by atoms with Gasteiger partial charge in [-0.15, -0.1) is 11.6 Å². The van der Waals surface area contributed by atoms with Crippen LogP contribution in [-0.2, 0) is 16.8 Å². The maximum Gasteiger partial charge on any atom is 0.335 e. The number of benzene rings is 3. The number of rotatable bonds is 9. The summed E-state index contributed by atoms with van der Waals surface area (Å²) in [6, 6.07) is 13.6. The fraction of sp³-hybridized carbons (Fsp3) is 0.200. The third kappa shape index (κ3) is 6.30. The Labute approximate surface area is 215 Å². The van der Waals surface area contributed by atoms with Gasteiger partial charge >= 0.3 is 5.97 Å². The molecule has 5 nitrogen and oxygen atoms in total. The zero-order valence-corrected chi connectivity index (χ0v) is 20.4. The maximum absolute atomic E-state index is 14.0. The number of amides is 1. The lowest BCUT2D eigenvalue weighted by Crippen LogP contribution is -2.45. The molecule has 0 fully saturated rings. The summed E-state index contributed by atoms with van der Waals surface area (Å²) in [7, 11) is 0. The van der Waals surface area contributed by atoms with Crippen LogP contribution in [0.3, 0.4) is 0 Å². The summed E-state index contributed by atoms with van der Waals surface area (Å²) in [5.41, 5.74) is -1.000. The molecule has 3 aromatic carbocycles. The number of aryl methyl sites for hydroxylation is 1. The van der Waals surface area contributed by atoms with Crippen LogP contribution in [0.25, 0.3) is 0 Å². The van der Waals surface area contributed by atoms with Crippen molar-refractivity contribution in [1.29, 1.82) is 0 Å². The molecule has 1 amide bonds. The van der Waals surface area contributed by atoms with Crippen molar-refractivity contribution in [2.45, 2.75) is 18.4 Å². The molecule has 0 heterocycles. The third-order valence-corrected chi connectivity index (χ3v) is 6.53. The Morgan fingerprint density at radius 2 is 1.66 bits per heavy atom. The van der Waals surface area contributed by atoms with Crippen molar-refractivity contribution in [3.8, 4) is 0 Å². The van der Waals surface area contributed by atoms with Gasteiger partial charge in [0.05, 0.1) is 22.2 Å². The first-order valence-corrected chi connectivity index (χ1v) is 11.7. The number of carboxylic acids is 1. The lowest BCUT2D eigenvalue weighted by molar-refractivity contribution is -0.117. The first-order chi connectivity index (χ1) is 16.6. The van der Waals surface area contributed by atoms with E-state index in [4.69, 9.17) is 34.8 Å². The van der Waals surface area contributed by atoms with Gasteiger partial charge in [-0.2, -0.15) is 0 Å².